The molecule has 0 N–H and O–H groups in total. The van der Waals surface area contributed by atoms with E-state index in [9.17, 15) is 4.79 Å². The molecule has 4 rings (SSSR count). The van der Waals surface area contributed by atoms with Gasteiger partial charge in [-0.1, -0.05) is 109 Å². The predicted octanol–water partition coefficient (Wildman–Crippen LogP) is 11.4. The first-order chi connectivity index (χ1) is 21.7. The molecule has 0 spiro atoms. The summed E-state index contributed by atoms with van der Waals surface area (Å²) >= 11 is 0. The largest absolute Gasteiger partial charge is 2.00 e. The summed E-state index contributed by atoms with van der Waals surface area (Å²) in [6, 6.07) is 15.7. The number of ether oxygens (including phenoxy) is 1. The number of esters is 1. The number of carbonyl (C=O) groups excluding carboxylic acids is 1. The van der Waals surface area contributed by atoms with Crippen molar-refractivity contribution >= 4 is 17.9 Å². The van der Waals surface area contributed by atoms with Crippen molar-refractivity contribution in [3.05, 3.63) is 123 Å². The Bertz CT molecular complexity index is 999. The van der Waals surface area contributed by atoms with Crippen molar-refractivity contribution in [2.24, 2.45) is 4.99 Å². The van der Waals surface area contributed by atoms with E-state index >= 15 is 0 Å². The SMILES string of the molecule is CCCCCCCCCCCCCCCCCC(=O)Oc1ccc(C=Nc2ccc([C]3[CH][CH][CH][CH]3)cc2)cc1.[CH]1[CH][CH][CH][CH]1.[Fe+2]. The maximum atomic E-state index is 12.2. The van der Waals surface area contributed by atoms with Crippen LogP contribution in [-0.4, -0.2) is 12.2 Å². The molecule has 0 heterocycles. The average Bonchev–Trinajstić information content (AvgIpc) is 3.81. The van der Waals surface area contributed by atoms with Crippen LogP contribution in [-0.2, 0) is 21.9 Å². The number of hydrogen-bond acceptors (Lipinski definition) is 3. The van der Waals surface area contributed by atoms with Crippen LogP contribution >= 0.6 is 0 Å². The summed E-state index contributed by atoms with van der Waals surface area (Å²) in [6.07, 6.45) is 40.5. The quantitative estimate of drug-likeness (QED) is 0.0472. The smallest absolute Gasteiger partial charge is 0.427 e. The zero-order valence-corrected chi connectivity index (χ0v) is 28.4. The third-order valence-electron chi connectivity index (χ3n) is 7.88. The Kier molecular flexibility index (Phi) is 22.9. The molecule has 2 aliphatic rings. The number of rotatable bonds is 20. The van der Waals surface area contributed by atoms with Crippen molar-refractivity contribution in [2.45, 2.75) is 110 Å². The molecule has 2 aromatic carbocycles. The Morgan fingerprint density at radius 1 is 0.600 bits per heavy atom. The van der Waals surface area contributed by atoms with Crippen LogP contribution in [0.3, 0.4) is 0 Å². The van der Waals surface area contributed by atoms with Crippen LogP contribution in [0.25, 0.3) is 0 Å². The molecule has 45 heavy (non-hydrogen) atoms. The molecular formula is C41H53FeNO2+2. The van der Waals surface area contributed by atoms with Crippen LogP contribution in [0.2, 0.25) is 0 Å². The van der Waals surface area contributed by atoms with E-state index in [1.54, 1.807) is 0 Å². The van der Waals surface area contributed by atoms with Gasteiger partial charge in [-0.15, -0.1) is 0 Å². The Labute approximate surface area is 287 Å². The third-order valence-corrected chi connectivity index (χ3v) is 7.88. The van der Waals surface area contributed by atoms with E-state index < -0.39 is 0 Å². The Hall–Kier alpha value is -1.90. The van der Waals surface area contributed by atoms with Gasteiger partial charge in [0.2, 0.25) is 0 Å². The monoisotopic (exact) mass is 647 g/mol. The van der Waals surface area contributed by atoms with Crippen LogP contribution < -0.4 is 4.74 Å². The van der Waals surface area contributed by atoms with Crippen LogP contribution in [0.1, 0.15) is 121 Å². The summed E-state index contributed by atoms with van der Waals surface area (Å²) in [6.45, 7) is 2.28. The van der Waals surface area contributed by atoms with Gasteiger partial charge >= 0.3 is 23.0 Å². The topological polar surface area (TPSA) is 38.7 Å². The standard InChI is InChI=1S/C36H48NO2.C5H5.Fe/c1-2-3-4-5-6-7-8-9-10-11-12-13-14-15-16-21-36(38)39-35-28-22-31(23-29-35)30-37-34-26-24-33(25-27-34)32-19-17-18-20-32;1-2-4-5-3-1;/h17-20,22-30H,2-16,21H2,1H3;1-5H;/q;;+2. The van der Waals surface area contributed by atoms with Crippen LogP contribution in [0, 0.1) is 63.7 Å². The summed E-state index contributed by atoms with van der Waals surface area (Å²) in [5.74, 6) is 1.67. The van der Waals surface area contributed by atoms with Gasteiger partial charge < -0.3 is 4.74 Å². The minimum Gasteiger partial charge on any atom is -0.427 e. The number of unbranched alkanes of at least 4 members (excludes halogenated alkanes) is 14. The predicted molar refractivity (Wildman–Crippen MR) is 186 cm³/mol. The van der Waals surface area contributed by atoms with Gasteiger partial charge in [0.15, 0.2) is 0 Å². The Morgan fingerprint density at radius 3 is 1.56 bits per heavy atom. The fourth-order valence-electron chi connectivity index (χ4n) is 5.22. The molecule has 0 saturated heterocycles. The molecule has 0 aliphatic heterocycles. The van der Waals surface area contributed by atoms with Crippen molar-refractivity contribution < 1.29 is 26.6 Å². The van der Waals surface area contributed by atoms with Gasteiger partial charge in [0.1, 0.15) is 5.75 Å². The first kappa shape index (κ1) is 39.3. The van der Waals surface area contributed by atoms with E-state index in [0.29, 0.717) is 12.2 Å². The van der Waals surface area contributed by atoms with Gasteiger partial charge in [0, 0.05) is 18.6 Å². The van der Waals surface area contributed by atoms with E-state index in [-0.39, 0.29) is 23.0 Å². The number of aliphatic imine (C=N–C) groups is 1. The first-order valence-corrected chi connectivity index (χ1v) is 17.1. The van der Waals surface area contributed by atoms with Crippen LogP contribution in [0.15, 0.2) is 53.5 Å². The summed E-state index contributed by atoms with van der Waals surface area (Å²) in [5.41, 5.74) is 3.07. The molecule has 2 aromatic rings. The zero-order chi connectivity index (χ0) is 30.9. The maximum Gasteiger partial charge on any atom is 2.00 e. The zero-order valence-electron chi connectivity index (χ0n) is 27.3. The molecule has 3 nitrogen and oxygen atoms in total. The molecule has 0 bridgehead atoms. The summed E-state index contributed by atoms with van der Waals surface area (Å²) in [5, 5.41) is 0. The van der Waals surface area contributed by atoms with E-state index in [2.05, 4.69) is 36.9 Å². The number of hydrogen-bond donors (Lipinski definition) is 0. The van der Waals surface area contributed by atoms with E-state index in [4.69, 9.17) is 4.74 Å². The molecule has 2 fully saturated rings. The second kappa shape index (κ2) is 26.2. The number of nitrogens with zero attached hydrogens (tertiary/aromatic N) is 1. The fourth-order valence-corrected chi connectivity index (χ4v) is 5.22. The summed E-state index contributed by atoms with van der Waals surface area (Å²) < 4.78 is 5.52. The molecule has 0 aromatic heterocycles. The summed E-state index contributed by atoms with van der Waals surface area (Å²) in [4.78, 5) is 16.8. The van der Waals surface area contributed by atoms with Crippen molar-refractivity contribution in [2.75, 3.05) is 0 Å². The maximum absolute atomic E-state index is 12.2. The van der Waals surface area contributed by atoms with Gasteiger partial charge in [-0.3, -0.25) is 9.79 Å². The first-order valence-electron chi connectivity index (χ1n) is 17.1. The third kappa shape index (κ3) is 18.7. The molecule has 4 heteroatoms. The van der Waals surface area contributed by atoms with E-state index in [1.807, 2.05) is 87.6 Å². The van der Waals surface area contributed by atoms with Crippen molar-refractivity contribution in [1.82, 2.24) is 0 Å². The Balaban J connectivity index is 0.00000107. The van der Waals surface area contributed by atoms with Crippen molar-refractivity contribution in [3.63, 3.8) is 0 Å². The Morgan fingerprint density at radius 2 is 1.07 bits per heavy atom. The molecule has 2 saturated carbocycles. The van der Waals surface area contributed by atoms with E-state index in [0.717, 1.165) is 24.1 Å². The molecular weight excluding hydrogens is 594 g/mol. The van der Waals surface area contributed by atoms with Crippen molar-refractivity contribution in [3.8, 4) is 5.75 Å². The van der Waals surface area contributed by atoms with Gasteiger partial charge in [0.05, 0.1) is 5.69 Å². The minimum absolute atomic E-state index is 0. The van der Waals surface area contributed by atoms with Gasteiger partial charge in [-0.05, 0) is 112 Å². The molecule has 2 aliphatic carbocycles. The molecule has 240 valence electrons. The normalized spacial score (nSPS) is 14.7. The summed E-state index contributed by atoms with van der Waals surface area (Å²) in [7, 11) is 0. The number of benzene rings is 2. The second-order valence-corrected chi connectivity index (χ2v) is 11.7. The molecule has 10 radical (unpaired) electrons. The van der Waals surface area contributed by atoms with Crippen LogP contribution in [0.5, 0.6) is 5.75 Å². The van der Waals surface area contributed by atoms with Gasteiger partial charge in [-0.25, -0.2) is 0 Å². The average molecular weight is 648 g/mol. The van der Waals surface area contributed by atoms with E-state index in [1.165, 1.54) is 95.0 Å². The van der Waals surface area contributed by atoms with Gasteiger partial charge in [-0.2, -0.15) is 0 Å². The molecule has 0 amide bonds. The minimum atomic E-state index is -0.143. The fraction of sp³-hybridized carbons (Fsp3) is 0.415. The second-order valence-electron chi connectivity index (χ2n) is 11.7. The van der Waals surface area contributed by atoms with Crippen LogP contribution in [0.4, 0.5) is 5.69 Å². The molecule has 0 atom stereocenters. The number of carbonyl (C=O) groups is 1. The van der Waals surface area contributed by atoms with Crippen molar-refractivity contribution in [1.29, 1.82) is 0 Å². The molecule has 0 unspecified atom stereocenters. The van der Waals surface area contributed by atoms with Gasteiger partial charge in [0.25, 0.3) is 0 Å².